The number of rotatable bonds is 13. The smallest absolute Gasteiger partial charge is 0.307 e. The molecule has 0 radical (unpaired) electrons. The second kappa shape index (κ2) is 10.5. The van der Waals surface area contributed by atoms with Gasteiger partial charge in [-0.15, -0.1) is 0 Å². The zero-order chi connectivity index (χ0) is 20.7. The first-order valence-corrected chi connectivity index (χ1v) is 10.7. The Kier molecular flexibility index (Phi) is 10.1. The molecular formula is C23H44O3. The van der Waals surface area contributed by atoms with Crippen LogP contribution in [0.25, 0.3) is 0 Å². The number of carboxylic acid groups (broad SMARTS) is 1. The summed E-state index contributed by atoms with van der Waals surface area (Å²) >= 11 is 0. The van der Waals surface area contributed by atoms with Gasteiger partial charge in [-0.25, -0.2) is 0 Å². The van der Waals surface area contributed by atoms with Gasteiger partial charge in [0, 0.05) is 5.92 Å². The predicted octanol–water partition coefficient (Wildman–Crippen LogP) is 6.60. The number of hydrogen-bond donors (Lipinski definition) is 1. The minimum absolute atomic E-state index is 0.0307. The lowest BCUT2D eigenvalue weighted by molar-refractivity contribution is -0.153. The molecule has 26 heavy (non-hydrogen) atoms. The SMILES string of the molecule is CCCC(C)(C(CC)CC)C(C(C)=O)C(C)C(C)(CC)C(CC)C(=O)O. The summed E-state index contributed by atoms with van der Waals surface area (Å²) in [6, 6.07) is 0. The van der Waals surface area contributed by atoms with E-state index in [0.29, 0.717) is 12.3 Å². The van der Waals surface area contributed by atoms with E-state index in [1.165, 1.54) is 0 Å². The molecule has 0 rings (SSSR count). The van der Waals surface area contributed by atoms with Gasteiger partial charge >= 0.3 is 5.97 Å². The minimum Gasteiger partial charge on any atom is -0.481 e. The maximum absolute atomic E-state index is 12.9. The summed E-state index contributed by atoms with van der Waals surface area (Å²) in [7, 11) is 0. The molecule has 0 fully saturated rings. The molecule has 0 saturated heterocycles. The normalized spacial score (nSPS) is 20.1. The van der Waals surface area contributed by atoms with Crippen LogP contribution in [-0.2, 0) is 9.59 Å². The molecular weight excluding hydrogens is 324 g/mol. The Labute approximate surface area is 162 Å². The largest absolute Gasteiger partial charge is 0.481 e. The van der Waals surface area contributed by atoms with Crippen molar-refractivity contribution in [2.75, 3.05) is 0 Å². The highest BCUT2D eigenvalue weighted by Crippen LogP contribution is 2.54. The lowest BCUT2D eigenvalue weighted by atomic mass is 9.52. The number of carbonyl (C=O) groups excluding carboxylic acids is 1. The fourth-order valence-electron chi connectivity index (χ4n) is 5.95. The van der Waals surface area contributed by atoms with E-state index in [1.807, 2.05) is 6.92 Å². The summed E-state index contributed by atoms with van der Waals surface area (Å²) in [5.74, 6) is -0.526. The Balaban J connectivity index is 6.33. The highest BCUT2D eigenvalue weighted by Gasteiger charge is 2.51. The summed E-state index contributed by atoms with van der Waals surface area (Å²) in [6.45, 7) is 18.9. The van der Waals surface area contributed by atoms with Gasteiger partial charge in [-0.2, -0.15) is 0 Å². The van der Waals surface area contributed by atoms with Gasteiger partial charge in [0.25, 0.3) is 0 Å². The predicted molar refractivity (Wildman–Crippen MR) is 110 cm³/mol. The van der Waals surface area contributed by atoms with Crippen LogP contribution < -0.4 is 0 Å². The number of carbonyl (C=O) groups is 2. The van der Waals surface area contributed by atoms with E-state index >= 15 is 0 Å². The molecule has 0 spiro atoms. The average Bonchev–Trinajstić information content (AvgIpc) is 2.55. The Morgan fingerprint density at radius 1 is 0.923 bits per heavy atom. The van der Waals surface area contributed by atoms with Crippen LogP contribution in [-0.4, -0.2) is 16.9 Å². The van der Waals surface area contributed by atoms with Crippen LogP contribution >= 0.6 is 0 Å². The third-order valence-corrected chi connectivity index (χ3v) is 7.66. The van der Waals surface area contributed by atoms with Crippen molar-refractivity contribution in [1.29, 1.82) is 0 Å². The molecule has 0 amide bonds. The van der Waals surface area contributed by atoms with Gasteiger partial charge in [0.1, 0.15) is 5.78 Å². The molecule has 3 heteroatoms. The molecule has 0 aliphatic heterocycles. The van der Waals surface area contributed by atoms with Crippen molar-refractivity contribution in [3.63, 3.8) is 0 Å². The fourth-order valence-corrected chi connectivity index (χ4v) is 5.95. The van der Waals surface area contributed by atoms with Crippen LogP contribution in [0.2, 0.25) is 0 Å². The Morgan fingerprint density at radius 3 is 1.69 bits per heavy atom. The van der Waals surface area contributed by atoms with E-state index in [-0.39, 0.29) is 23.0 Å². The summed E-state index contributed by atoms with van der Waals surface area (Å²) in [5.41, 5.74) is -0.478. The van der Waals surface area contributed by atoms with Crippen molar-refractivity contribution >= 4 is 11.8 Å². The standard InChI is InChI=1S/C23H44O3/c1-10-15-23(9,18(11-2)12-3)20(17(7)24)16(6)22(8,14-5)19(13-4)21(25)26/h16,18-20H,10-15H2,1-9H3,(H,25,26). The quantitative estimate of drug-likeness (QED) is 0.398. The van der Waals surface area contributed by atoms with Crippen molar-refractivity contribution in [3.8, 4) is 0 Å². The molecule has 0 aliphatic rings. The average molecular weight is 369 g/mol. The van der Waals surface area contributed by atoms with Gasteiger partial charge in [0.05, 0.1) is 5.92 Å². The van der Waals surface area contributed by atoms with E-state index in [2.05, 4.69) is 48.5 Å². The maximum Gasteiger partial charge on any atom is 0.307 e. The van der Waals surface area contributed by atoms with Crippen LogP contribution in [0, 0.1) is 34.5 Å². The third-order valence-electron chi connectivity index (χ3n) is 7.66. The first-order valence-electron chi connectivity index (χ1n) is 10.7. The Bertz CT molecular complexity index is 454. The van der Waals surface area contributed by atoms with E-state index < -0.39 is 17.3 Å². The van der Waals surface area contributed by atoms with E-state index in [9.17, 15) is 14.7 Å². The lowest BCUT2D eigenvalue weighted by Gasteiger charge is -2.51. The molecule has 0 aromatic rings. The minimum atomic E-state index is -0.731. The second-order valence-electron chi connectivity index (χ2n) is 8.80. The molecule has 5 atom stereocenters. The van der Waals surface area contributed by atoms with Crippen molar-refractivity contribution in [2.45, 2.75) is 101 Å². The van der Waals surface area contributed by atoms with Gasteiger partial charge in [-0.05, 0) is 48.9 Å². The molecule has 0 heterocycles. The number of hydrogen-bond acceptors (Lipinski definition) is 2. The van der Waals surface area contributed by atoms with Crippen molar-refractivity contribution < 1.29 is 14.7 Å². The highest BCUT2D eigenvalue weighted by atomic mass is 16.4. The third kappa shape index (κ3) is 4.89. The van der Waals surface area contributed by atoms with Crippen LogP contribution in [0.4, 0.5) is 0 Å². The van der Waals surface area contributed by atoms with Crippen molar-refractivity contribution in [2.24, 2.45) is 34.5 Å². The Morgan fingerprint density at radius 2 is 1.42 bits per heavy atom. The van der Waals surface area contributed by atoms with Crippen LogP contribution in [0.5, 0.6) is 0 Å². The van der Waals surface area contributed by atoms with Crippen molar-refractivity contribution in [3.05, 3.63) is 0 Å². The van der Waals surface area contributed by atoms with Gasteiger partial charge < -0.3 is 5.11 Å². The number of carboxylic acids is 1. The first kappa shape index (κ1) is 25.1. The zero-order valence-electron chi connectivity index (χ0n) is 18.8. The molecule has 154 valence electrons. The Hall–Kier alpha value is -0.860. The topological polar surface area (TPSA) is 54.4 Å². The van der Waals surface area contributed by atoms with Gasteiger partial charge in [0.15, 0.2) is 0 Å². The summed E-state index contributed by atoms with van der Waals surface area (Å²) in [6.07, 6.45) is 5.54. The lowest BCUT2D eigenvalue weighted by Crippen LogP contribution is -2.50. The van der Waals surface area contributed by atoms with Crippen LogP contribution in [0.1, 0.15) is 101 Å². The monoisotopic (exact) mass is 368 g/mol. The van der Waals surface area contributed by atoms with Crippen LogP contribution in [0.15, 0.2) is 0 Å². The van der Waals surface area contributed by atoms with Crippen molar-refractivity contribution in [1.82, 2.24) is 0 Å². The maximum atomic E-state index is 12.9. The molecule has 0 aromatic carbocycles. The summed E-state index contributed by atoms with van der Waals surface area (Å²) in [5, 5.41) is 9.83. The number of Topliss-reactive ketones (excluding diaryl/α,β-unsaturated/α-hetero) is 1. The molecule has 0 saturated carbocycles. The zero-order valence-corrected chi connectivity index (χ0v) is 18.8. The van der Waals surface area contributed by atoms with E-state index in [1.54, 1.807) is 6.92 Å². The van der Waals surface area contributed by atoms with E-state index in [4.69, 9.17) is 0 Å². The molecule has 3 nitrogen and oxygen atoms in total. The fraction of sp³-hybridized carbons (Fsp3) is 0.913. The molecule has 0 bridgehead atoms. The van der Waals surface area contributed by atoms with Gasteiger partial charge in [-0.3, -0.25) is 9.59 Å². The molecule has 1 N–H and O–H groups in total. The van der Waals surface area contributed by atoms with Crippen LogP contribution in [0.3, 0.4) is 0 Å². The molecule has 0 aromatic heterocycles. The second-order valence-corrected chi connectivity index (χ2v) is 8.80. The molecule has 0 aliphatic carbocycles. The molecule has 5 unspecified atom stereocenters. The van der Waals surface area contributed by atoms with Gasteiger partial charge in [0.2, 0.25) is 0 Å². The summed E-state index contributed by atoms with van der Waals surface area (Å²) < 4.78 is 0. The van der Waals surface area contributed by atoms with E-state index in [0.717, 1.165) is 32.1 Å². The summed E-state index contributed by atoms with van der Waals surface area (Å²) in [4.78, 5) is 24.9. The number of aliphatic carboxylic acids is 1. The van der Waals surface area contributed by atoms with Gasteiger partial charge in [-0.1, -0.05) is 74.7 Å². The number of ketones is 1. The first-order chi connectivity index (χ1) is 12.0. The highest BCUT2D eigenvalue weighted by molar-refractivity contribution is 5.80.